The molecular formula is C16H25N. The maximum atomic E-state index is 3.44. The van der Waals surface area contributed by atoms with Crippen molar-refractivity contribution in [2.24, 2.45) is 0 Å². The van der Waals surface area contributed by atoms with Gasteiger partial charge in [-0.3, -0.25) is 0 Å². The van der Waals surface area contributed by atoms with Crippen molar-refractivity contribution in [1.29, 1.82) is 0 Å². The first-order valence-electron chi connectivity index (χ1n) is 6.74. The van der Waals surface area contributed by atoms with E-state index in [0.717, 1.165) is 0 Å². The number of likely N-dealkylation sites (N-methyl/N-ethyl adjacent to an activating group) is 1. The third-order valence-electron chi connectivity index (χ3n) is 3.03. The van der Waals surface area contributed by atoms with E-state index in [1.165, 1.54) is 36.8 Å². The molecule has 0 aromatic heterocycles. The van der Waals surface area contributed by atoms with Gasteiger partial charge in [-0.1, -0.05) is 68.7 Å². The van der Waals surface area contributed by atoms with Gasteiger partial charge in [-0.2, -0.15) is 0 Å². The van der Waals surface area contributed by atoms with Crippen LogP contribution in [0.5, 0.6) is 0 Å². The normalized spacial score (nSPS) is 13.7. The largest absolute Gasteiger partial charge is 0.310 e. The number of rotatable bonds is 7. The predicted octanol–water partition coefficient (Wildman–Crippen LogP) is 4.47. The van der Waals surface area contributed by atoms with Gasteiger partial charge < -0.3 is 5.32 Å². The molecule has 1 aromatic carbocycles. The molecule has 0 fully saturated rings. The molecule has 0 spiro atoms. The molecule has 94 valence electrons. The number of allylic oxidation sites excluding steroid dienone is 1. The summed E-state index contributed by atoms with van der Waals surface area (Å²) in [5.41, 5.74) is 2.90. The van der Waals surface area contributed by atoms with Gasteiger partial charge in [-0.25, -0.2) is 0 Å². The Bertz CT molecular complexity index is 327. The Kier molecular flexibility index (Phi) is 6.64. The van der Waals surface area contributed by atoms with Crippen LogP contribution < -0.4 is 5.32 Å². The van der Waals surface area contributed by atoms with Crippen LogP contribution in [0.3, 0.4) is 0 Å². The second-order valence-corrected chi connectivity index (χ2v) is 4.45. The van der Waals surface area contributed by atoms with Crippen molar-refractivity contribution in [2.45, 2.75) is 45.6 Å². The van der Waals surface area contributed by atoms with Gasteiger partial charge in [0.2, 0.25) is 0 Å². The Balaban J connectivity index is 2.89. The van der Waals surface area contributed by atoms with Gasteiger partial charge in [0.1, 0.15) is 0 Å². The molecule has 0 aliphatic rings. The third-order valence-corrected chi connectivity index (χ3v) is 3.03. The van der Waals surface area contributed by atoms with Crippen molar-refractivity contribution in [3.8, 4) is 0 Å². The predicted molar refractivity (Wildman–Crippen MR) is 76.1 cm³/mol. The standard InChI is InChI=1S/C16H25N/c1-4-6-11-14(10-5-2)16(17-3)15-12-8-7-9-13-15/h7-9,11-13,16-17H,4-6,10H2,1-3H3/b14-11+. The van der Waals surface area contributed by atoms with Crippen molar-refractivity contribution in [2.75, 3.05) is 7.05 Å². The summed E-state index contributed by atoms with van der Waals surface area (Å²) < 4.78 is 0. The molecule has 17 heavy (non-hydrogen) atoms. The van der Waals surface area contributed by atoms with Crippen LogP contribution in [0.15, 0.2) is 42.0 Å². The molecule has 1 N–H and O–H groups in total. The van der Waals surface area contributed by atoms with Crippen molar-refractivity contribution >= 4 is 0 Å². The molecule has 1 unspecified atom stereocenters. The van der Waals surface area contributed by atoms with Crippen molar-refractivity contribution in [3.63, 3.8) is 0 Å². The highest BCUT2D eigenvalue weighted by Crippen LogP contribution is 2.25. The number of nitrogens with one attached hydrogen (secondary N) is 1. The van der Waals surface area contributed by atoms with Crippen LogP contribution in [0, 0.1) is 0 Å². The number of hydrogen-bond acceptors (Lipinski definition) is 1. The van der Waals surface area contributed by atoms with Crippen LogP contribution >= 0.6 is 0 Å². The van der Waals surface area contributed by atoms with E-state index in [9.17, 15) is 0 Å². The minimum Gasteiger partial charge on any atom is -0.310 e. The molecule has 1 aromatic rings. The van der Waals surface area contributed by atoms with Gasteiger partial charge in [0.15, 0.2) is 0 Å². The maximum absolute atomic E-state index is 3.44. The van der Waals surface area contributed by atoms with Gasteiger partial charge in [0.05, 0.1) is 6.04 Å². The summed E-state index contributed by atoms with van der Waals surface area (Å²) in [6.45, 7) is 4.48. The third kappa shape index (κ3) is 4.35. The van der Waals surface area contributed by atoms with Crippen LogP contribution in [0.25, 0.3) is 0 Å². The quantitative estimate of drug-likeness (QED) is 0.682. The molecule has 0 saturated heterocycles. The smallest absolute Gasteiger partial charge is 0.0533 e. The minimum atomic E-state index is 0.377. The molecule has 0 heterocycles. The van der Waals surface area contributed by atoms with Gasteiger partial charge >= 0.3 is 0 Å². The van der Waals surface area contributed by atoms with Crippen LogP contribution in [-0.4, -0.2) is 7.05 Å². The fraction of sp³-hybridized carbons (Fsp3) is 0.500. The summed E-state index contributed by atoms with van der Waals surface area (Å²) in [5, 5.41) is 3.44. The molecule has 1 rings (SSSR count). The second kappa shape index (κ2) is 8.08. The van der Waals surface area contributed by atoms with Crippen LogP contribution in [-0.2, 0) is 0 Å². The molecule has 1 atom stereocenters. The lowest BCUT2D eigenvalue weighted by Gasteiger charge is -2.20. The van der Waals surface area contributed by atoms with E-state index in [4.69, 9.17) is 0 Å². The fourth-order valence-corrected chi connectivity index (χ4v) is 2.19. The summed E-state index contributed by atoms with van der Waals surface area (Å²) in [5.74, 6) is 0. The molecule has 0 amide bonds. The van der Waals surface area contributed by atoms with E-state index >= 15 is 0 Å². The monoisotopic (exact) mass is 231 g/mol. The van der Waals surface area contributed by atoms with Crippen molar-refractivity contribution in [3.05, 3.63) is 47.5 Å². The van der Waals surface area contributed by atoms with Crippen molar-refractivity contribution < 1.29 is 0 Å². The zero-order valence-electron chi connectivity index (χ0n) is 11.4. The Morgan fingerprint density at radius 1 is 1.18 bits per heavy atom. The zero-order valence-corrected chi connectivity index (χ0v) is 11.4. The van der Waals surface area contributed by atoms with Crippen LogP contribution in [0.2, 0.25) is 0 Å². The van der Waals surface area contributed by atoms with E-state index in [0.29, 0.717) is 6.04 Å². The summed E-state index contributed by atoms with van der Waals surface area (Å²) in [4.78, 5) is 0. The fourth-order valence-electron chi connectivity index (χ4n) is 2.19. The van der Waals surface area contributed by atoms with Crippen LogP contribution in [0.1, 0.15) is 51.1 Å². The summed E-state index contributed by atoms with van der Waals surface area (Å²) in [6.07, 6.45) is 7.21. The molecule has 0 aliphatic carbocycles. The average Bonchev–Trinajstić information content (AvgIpc) is 2.38. The highest BCUT2D eigenvalue weighted by molar-refractivity contribution is 5.28. The van der Waals surface area contributed by atoms with Gasteiger partial charge in [-0.05, 0) is 25.5 Å². The topological polar surface area (TPSA) is 12.0 Å². The molecular weight excluding hydrogens is 206 g/mol. The zero-order chi connectivity index (χ0) is 12.5. The van der Waals surface area contributed by atoms with E-state index in [2.05, 4.69) is 55.6 Å². The Labute approximate surface area is 106 Å². The van der Waals surface area contributed by atoms with Gasteiger partial charge in [0, 0.05) is 0 Å². The van der Waals surface area contributed by atoms with E-state index in [1.807, 2.05) is 7.05 Å². The first kappa shape index (κ1) is 14.0. The molecule has 0 bridgehead atoms. The first-order valence-corrected chi connectivity index (χ1v) is 6.74. The second-order valence-electron chi connectivity index (χ2n) is 4.45. The van der Waals surface area contributed by atoms with E-state index in [1.54, 1.807) is 0 Å². The highest BCUT2D eigenvalue weighted by atomic mass is 14.9. The van der Waals surface area contributed by atoms with Gasteiger partial charge in [0.25, 0.3) is 0 Å². The van der Waals surface area contributed by atoms with E-state index < -0.39 is 0 Å². The Morgan fingerprint density at radius 2 is 1.88 bits per heavy atom. The van der Waals surface area contributed by atoms with Crippen LogP contribution in [0.4, 0.5) is 0 Å². The van der Waals surface area contributed by atoms with E-state index in [-0.39, 0.29) is 0 Å². The summed E-state index contributed by atoms with van der Waals surface area (Å²) >= 11 is 0. The summed E-state index contributed by atoms with van der Waals surface area (Å²) in [6, 6.07) is 11.1. The van der Waals surface area contributed by atoms with Crippen molar-refractivity contribution in [1.82, 2.24) is 5.32 Å². The first-order chi connectivity index (χ1) is 8.33. The Hall–Kier alpha value is -1.08. The maximum Gasteiger partial charge on any atom is 0.0533 e. The lowest BCUT2D eigenvalue weighted by Crippen LogP contribution is -2.18. The number of unbranched alkanes of at least 4 members (excludes halogenated alkanes) is 1. The van der Waals surface area contributed by atoms with Gasteiger partial charge in [-0.15, -0.1) is 0 Å². The average molecular weight is 231 g/mol. The Morgan fingerprint density at radius 3 is 2.41 bits per heavy atom. The molecule has 1 nitrogen and oxygen atoms in total. The molecule has 0 saturated carbocycles. The molecule has 0 radical (unpaired) electrons. The lowest BCUT2D eigenvalue weighted by atomic mass is 9.94. The number of benzene rings is 1. The highest BCUT2D eigenvalue weighted by Gasteiger charge is 2.12. The summed E-state index contributed by atoms with van der Waals surface area (Å²) in [7, 11) is 2.05. The lowest BCUT2D eigenvalue weighted by molar-refractivity contribution is 0.636. The SMILES string of the molecule is CCC/C=C(\CCC)C(NC)c1ccccc1. The molecule has 1 heteroatoms. The number of hydrogen-bond donors (Lipinski definition) is 1. The molecule has 0 aliphatic heterocycles. The minimum absolute atomic E-state index is 0.377.